The highest BCUT2D eigenvalue weighted by Crippen LogP contribution is 2.43. The number of carbonyl (C=O) groups excluding carboxylic acids is 1. The first-order valence-electron chi connectivity index (χ1n) is 10.9. The molecular formula is C26H42O3. The number of rotatable bonds is 7. The molecule has 0 amide bonds. The van der Waals surface area contributed by atoms with Crippen LogP contribution in [-0.4, -0.2) is 16.7 Å². The van der Waals surface area contributed by atoms with Gasteiger partial charge in [-0.2, -0.15) is 0 Å². The fourth-order valence-corrected chi connectivity index (χ4v) is 3.69. The number of hydrogen-bond donors (Lipinski definition) is 1. The maximum Gasteiger partial charge on any atom is 0.312 e. The molecule has 0 bridgehead atoms. The normalized spacial score (nSPS) is 16.0. The number of carbonyl (C=O) groups is 1. The Labute approximate surface area is 178 Å². The van der Waals surface area contributed by atoms with E-state index < -0.39 is 23.1 Å². The molecule has 0 heterocycles. The SMILES string of the molecule is C/C=C/C(O)(c1c(C(C)C)cc(C(C)C)cc1C(C)C)C(C)C(=O)OC(C)(C)C. The van der Waals surface area contributed by atoms with Crippen molar-refractivity contribution in [3.63, 3.8) is 0 Å². The average molecular weight is 403 g/mol. The highest BCUT2D eigenvalue weighted by atomic mass is 16.6. The Bertz CT molecular complexity index is 706. The van der Waals surface area contributed by atoms with E-state index in [9.17, 15) is 9.90 Å². The van der Waals surface area contributed by atoms with Crippen LogP contribution in [0.4, 0.5) is 0 Å². The summed E-state index contributed by atoms with van der Waals surface area (Å²) in [6, 6.07) is 4.40. The molecule has 2 unspecified atom stereocenters. The minimum absolute atomic E-state index is 0.212. The molecule has 0 spiro atoms. The van der Waals surface area contributed by atoms with Gasteiger partial charge in [0.1, 0.15) is 11.2 Å². The van der Waals surface area contributed by atoms with Crippen molar-refractivity contribution in [2.45, 2.75) is 105 Å². The Hall–Kier alpha value is -1.61. The van der Waals surface area contributed by atoms with E-state index in [1.807, 2.05) is 33.8 Å². The third kappa shape index (κ3) is 5.94. The second-order valence-electron chi connectivity index (χ2n) is 10.1. The molecule has 0 aliphatic carbocycles. The van der Waals surface area contributed by atoms with Gasteiger partial charge in [0, 0.05) is 0 Å². The minimum Gasteiger partial charge on any atom is -0.460 e. The maximum absolute atomic E-state index is 13.0. The standard InChI is InChI=1S/C26H42O3/c1-12-13-26(28,19(8)24(27)29-25(9,10)11)23-21(17(4)5)14-20(16(2)3)15-22(23)18(6)7/h12-19,28H,1-11H3/b13-12+. The molecule has 1 aromatic carbocycles. The third-order valence-corrected chi connectivity index (χ3v) is 5.37. The first-order chi connectivity index (χ1) is 13.2. The molecule has 0 aromatic heterocycles. The maximum atomic E-state index is 13.0. The van der Waals surface area contributed by atoms with Crippen LogP contribution in [-0.2, 0) is 15.1 Å². The lowest BCUT2D eigenvalue weighted by atomic mass is 9.72. The Morgan fingerprint density at radius 2 is 1.38 bits per heavy atom. The van der Waals surface area contributed by atoms with Crippen LogP contribution >= 0.6 is 0 Å². The molecule has 0 aliphatic rings. The molecule has 0 radical (unpaired) electrons. The molecule has 1 aromatic rings. The van der Waals surface area contributed by atoms with E-state index >= 15 is 0 Å². The van der Waals surface area contributed by atoms with Crippen molar-refractivity contribution >= 4 is 5.97 Å². The van der Waals surface area contributed by atoms with Crippen molar-refractivity contribution in [3.05, 3.63) is 46.5 Å². The summed E-state index contributed by atoms with van der Waals surface area (Å²) in [5, 5.41) is 12.0. The summed E-state index contributed by atoms with van der Waals surface area (Å²) < 4.78 is 5.64. The van der Waals surface area contributed by atoms with Crippen molar-refractivity contribution in [1.82, 2.24) is 0 Å². The molecule has 3 nitrogen and oxygen atoms in total. The quantitative estimate of drug-likeness (QED) is 0.403. The second kappa shape index (κ2) is 9.47. The van der Waals surface area contributed by atoms with Crippen molar-refractivity contribution in [1.29, 1.82) is 0 Å². The number of benzene rings is 1. The molecule has 0 fully saturated rings. The van der Waals surface area contributed by atoms with Crippen LogP contribution in [0, 0.1) is 5.92 Å². The highest BCUT2D eigenvalue weighted by Gasteiger charge is 2.43. The third-order valence-electron chi connectivity index (χ3n) is 5.37. The lowest BCUT2D eigenvalue weighted by Gasteiger charge is -2.37. The molecule has 1 N–H and O–H groups in total. The van der Waals surface area contributed by atoms with Crippen LogP contribution in [0.2, 0.25) is 0 Å². The Kier molecular flexibility index (Phi) is 8.30. The van der Waals surface area contributed by atoms with Gasteiger partial charge in [-0.1, -0.05) is 65.8 Å². The summed E-state index contributed by atoms with van der Waals surface area (Å²) in [5.41, 5.74) is 2.25. The summed E-state index contributed by atoms with van der Waals surface area (Å²) in [4.78, 5) is 13.0. The monoisotopic (exact) mass is 402 g/mol. The van der Waals surface area contributed by atoms with Gasteiger partial charge < -0.3 is 9.84 Å². The smallest absolute Gasteiger partial charge is 0.312 e. The van der Waals surface area contributed by atoms with Gasteiger partial charge in [0.25, 0.3) is 0 Å². The van der Waals surface area contributed by atoms with Crippen LogP contribution < -0.4 is 0 Å². The lowest BCUT2D eigenvalue weighted by Crippen LogP contribution is -2.41. The molecule has 2 atom stereocenters. The Morgan fingerprint density at radius 1 is 0.931 bits per heavy atom. The first kappa shape index (κ1) is 25.4. The van der Waals surface area contributed by atoms with E-state index in [4.69, 9.17) is 4.74 Å². The predicted octanol–water partition coefficient (Wildman–Crippen LogP) is 6.80. The van der Waals surface area contributed by atoms with E-state index in [1.165, 1.54) is 5.56 Å². The Morgan fingerprint density at radius 3 is 1.69 bits per heavy atom. The molecular weight excluding hydrogens is 360 g/mol. The second-order valence-corrected chi connectivity index (χ2v) is 10.1. The molecule has 29 heavy (non-hydrogen) atoms. The van der Waals surface area contributed by atoms with Gasteiger partial charge in [-0.25, -0.2) is 0 Å². The van der Waals surface area contributed by atoms with Crippen molar-refractivity contribution < 1.29 is 14.6 Å². The van der Waals surface area contributed by atoms with E-state index in [0.29, 0.717) is 5.92 Å². The van der Waals surface area contributed by atoms with Crippen molar-refractivity contribution in [3.8, 4) is 0 Å². The largest absolute Gasteiger partial charge is 0.460 e. The van der Waals surface area contributed by atoms with E-state index in [1.54, 1.807) is 13.0 Å². The van der Waals surface area contributed by atoms with E-state index in [2.05, 4.69) is 53.7 Å². The summed E-state index contributed by atoms with van der Waals surface area (Å²) in [5.74, 6) is -0.321. The number of esters is 1. The zero-order valence-electron chi connectivity index (χ0n) is 20.4. The molecule has 1 rings (SSSR count). The molecule has 164 valence electrons. The fourth-order valence-electron chi connectivity index (χ4n) is 3.69. The Balaban J connectivity index is 3.84. The summed E-state index contributed by atoms with van der Waals surface area (Å²) >= 11 is 0. The molecule has 0 saturated heterocycles. The number of ether oxygens (including phenoxy) is 1. The van der Waals surface area contributed by atoms with Crippen LogP contribution in [0.25, 0.3) is 0 Å². The summed E-state index contributed by atoms with van der Waals surface area (Å²) in [6.45, 7) is 22.1. The van der Waals surface area contributed by atoms with Crippen LogP contribution in [0.1, 0.15) is 116 Å². The number of aliphatic hydroxyl groups is 1. The highest BCUT2D eigenvalue weighted by molar-refractivity contribution is 5.75. The summed E-state index contributed by atoms with van der Waals surface area (Å²) in [6.07, 6.45) is 3.58. The number of allylic oxidation sites excluding steroid dienone is 1. The zero-order valence-corrected chi connectivity index (χ0v) is 20.4. The lowest BCUT2D eigenvalue weighted by molar-refractivity contribution is -0.166. The number of hydrogen-bond acceptors (Lipinski definition) is 3. The van der Waals surface area contributed by atoms with Crippen LogP contribution in [0.5, 0.6) is 0 Å². The molecule has 3 heteroatoms. The van der Waals surface area contributed by atoms with Gasteiger partial charge >= 0.3 is 5.97 Å². The van der Waals surface area contributed by atoms with Gasteiger partial charge in [0.2, 0.25) is 0 Å². The molecule has 0 saturated carbocycles. The predicted molar refractivity (Wildman–Crippen MR) is 122 cm³/mol. The van der Waals surface area contributed by atoms with Gasteiger partial charge in [0.05, 0.1) is 5.92 Å². The first-order valence-corrected chi connectivity index (χ1v) is 10.9. The van der Waals surface area contributed by atoms with E-state index in [0.717, 1.165) is 16.7 Å². The fraction of sp³-hybridized carbons (Fsp3) is 0.654. The van der Waals surface area contributed by atoms with E-state index in [-0.39, 0.29) is 11.8 Å². The minimum atomic E-state index is -1.44. The molecule has 0 aliphatic heterocycles. The topological polar surface area (TPSA) is 46.5 Å². The zero-order chi connectivity index (χ0) is 22.7. The van der Waals surface area contributed by atoms with Gasteiger partial charge in [-0.05, 0) is 74.6 Å². The van der Waals surface area contributed by atoms with Gasteiger partial charge in [-0.3, -0.25) is 4.79 Å². The van der Waals surface area contributed by atoms with Crippen LogP contribution in [0.3, 0.4) is 0 Å². The van der Waals surface area contributed by atoms with Crippen molar-refractivity contribution in [2.75, 3.05) is 0 Å². The van der Waals surface area contributed by atoms with Crippen LogP contribution in [0.15, 0.2) is 24.3 Å². The van der Waals surface area contributed by atoms with Crippen molar-refractivity contribution in [2.24, 2.45) is 5.92 Å². The average Bonchev–Trinajstić information content (AvgIpc) is 2.58. The van der Waals surface area contributed by atoms with Gasteiger partial charge in [-0.15, -0.1) is 0 Å². The summed E-state index contributed by atoms with van der Waals surface area (Å²) in [7, 11) is 0. The van der Waals surface area contributed by atoms with Gasteiger partial charge in [0.15, 0.2) is 0 Å².